The first-order valence-corrected chi connectivity index (χ1v) is 10.2. The minimum absolute atomic E-state index is 0.163. The number of benzene rings is 2. The van der Waals surface area contributed by atoms with Crippen molar-refractivity contribution in [2.24, 2.45) is 4.99 Å². The Balaban J connectivity index is 1.99. The lowest BCUT2D eigenvalue weighted by Crippen LogP contribution is -2.16. The summed E-state index contributed by atoms with van der Waals surface area (Å²) in [5.41, 5.74) is 3.14. The van der Waals surface area contributed by atoms with E-state index in [1.54, 1.807) is 14.2 Å². The molecule has 0 aliphatic carbocycles. The summed E-state index contributed by atoms with van der Waals surface area (Å²) >= 11 is 1.44. The van der Waals surface area contributed by atoms with E-state index in [9.17, 15) is 4.79 Å². The molecule has 6 heteroatoms. The van der Waals surface area contributed by atoms with Crippen LogP contribution in [0.4, 0.5) is 0 Å². The number of hydrogen-bond donors (Lipinski definition) is 0. The maximum atomic E-state index is 12.6. The number of amides is 1. The molecule has 148 valence electrons. The van der Waals surface area contributed by atoms with Crippen LogP contribution in [0.3, 0.4) is 0 Å². The summed E-state index contributed by atoms with van der Waals surface area (Å²) in [7, 11) is 3.28. The fourth-order valence-electron chi connectivity index (χ4n) is 3.17. The van der Waals surface area contributed by atoms with Crippen molar-refractivity contribution in [3.63, 3.8) is 0 Å². The molecule has 0 bridgehead atoms. The number of thiazole rings is 1. The van der Waals surface area contributed by atoms with Crippen LogP contribution in [0.2, 0.25) is 0 Å². The van der Waals surface area contributed by atoms with E-state index in [1.165, 1.54) is 16.9 Å². The normalized spacial score (nSPS) is 12.0. The molecule has 0 saturated heterocycles. The van der Waals surface area contributed by atoms with Gasteiger partial charge < -0.3 is 14.0 Å². The highest BCUT2D eigenvalue weighted by atomic mass is 32.1. The molecule has 0 N–H and O–H groups in total. The summed E-state index contributed by atoms with van der Waals surface area (Å²) < 4.78 is 13.9. The molecule has 0 saturated carbocycles. The Hall–Kier alpha value is -2.60. The largest absolute Gasteiger partial charge is 0.495 e. The zero-order valence-electron chi connectivity index (χ0n) is 17.0. The number of nitrogens with zero attached hydrogens (tertiary/aromatic N) is 2. The van der Waals surface area contributed by atoms with Gasteiger partial charge in [-0.25, -0.2) is 0 Å². The summed E-state index contributed by atoms with van der Waals surface area (Å²) in [6.45, 7) is 7.02. The van der Waals surface area contributed by atoms with Crippen molar-refractivity contribution in [3.05, 3.63) is 52.3 Å². The molecule has 0 fully saturated rings. The highest BCUT2D eigenvalue weighted by Gasteiger charge is 2.15. The van der Waals surface area contributed by atoms with Crippen LogP contribution in [0.15, 0.2) is 41.4 Å². The lowest BCUT2D eigenvalue weighted by atomic mass is 10.0. The molecule has 2 aromatic carbocycles. The molecule has 1 aromatic heterocycles. The number of methoxy groups -OCH3 is 2. The lowest BCUT2D eigenvalue weighted by Gasteiger charge is -2.08. The van der Waals surface area contributed by atoms with Crippen molar-refractivity contribution >= 4 is 27.5 Å². The summed E-state index contributed by atoms with van der Waals surface area (Å²) in [5.74, 6) is 1.80. The topological polar surface area (TPSA) is 52.8 Å². The van der Waals surface area contributed by atoms with E-state index >= 15 is 0 Å². The average molecular weight is 399 g/mol. The number of carbonyl (C=O) groups is 1. The van der Waals surface area contributed by atoms with E-state index in [0.29, 0.717) is 17.3 Å². The number of carbonyl (C=O) groups excluding carboxylic acids is 1. The predicted octanol–water partition coefficient (Wildman–Crippen LogP) is 4.53. The summed E-state index contributed by atoms with van der Waals surface area (Å²) in [5, 5.41) is 0. The molecular formula is C22H26N2O3S. The lowest BCUT2D eigenvalue weighted by molar-refractivity contribution is -0.117. The first-order chi connectivity index (χ1) is 13.5. The van der Waals surface area contributed by atoms with Crippen molar-refractivity contribution in [1.29, 1.82) is 0 Å². The van der Waals surface area contributed by atoms with E-state index in [1.807, 2.05) is 35.8 Å². The van der Waals surface area contributed by atoms with Crippen molar-refractivity contribution < 1.29 is 14.3 Å². The molecule has 3 aromatic rings. The minimum atomic E-state index is -0.163. The van der Waals surface area contributed by atoms with Crippen LogP contribution < -0.4 is 14.3 Å². The number of aromatic nitrogens is 1. The smallest absolute Gasteiger partial charge is 0.252 e. The van der Waals surface area contributed by atoms with Crippen molar-refractivity contribution in [2.75, 3.05) is 14.2 Å². The molecular weight excluding hydrogens is 372 g/mol. The maximum Gasteiger partial charge on any atom is 0.252 e. The van der Waals surface area contributed by atoms with Crippen molar-refractivity contribution in [2.45, 2.75) is 39.7 Å². The Morgan fingerprint density at radius 1 is 1.07 bits per heavy atom. The molecule has 5 nitrogen and oxygen atoms in total. The van der Waals surface area contributed by atoms with E-state index < -0.39 is 0 Å². The third kappa shape index (κ3) is 3.97. The van der Waals surface area contributed by atoms with Crippen LogP contribution in [0, 0.1) is 0 Å². The Labute approximate surface area is 169 Å². The molecule has 0 spiro atoms. The van der Waals surface area contributed by atoms with Gasteiger partial charge in [0.25, 0.3) is 5.91 Å². The molecule has 0 atom stereocenters. The van der Waals surface area contributed by atoms with Crippen LogP contribution in [-0.4, -0.2) is 24.7 Å². The van der Waals surface area contributed by atoms with Gasteiger partial charge in [0.05, 0.1) is 20.6 Å². The number of fused-ring (bicyclic) bond motifs is 1. The van der Waals surface area contributed by atoms with E-state index in [0.717, 1.165) is 27.3 Å². The minimum Gasteiger partial charge on any atom is -0.495 e. The van der Waals surface area contributed by atoms with Gasteiger partial charge in [0.1, 0.15) is 21.7 Å². The third-order valence-corrected chi connectivity index (χ3v) is 5.82. The molecule has 3 rings (SSSR count). The van der Waals surface area contributed by atoms with Crippen LogP contribution in [0.5, 0.6) is 11.5 Å². The van der Waals surface area contributed by atoms with Crippen molar-refractivity contribution in [3.8, 4) is 11.5 Å². The number of aryl methyl sites for hydroxylation is 1. The zero-order valence-corrected chi connectivity index (χ0v) is 17.8. The molecule has 0 aliphatic heterocycles. The van der Waals surface area contributed by atoms with Crippen LogP contribution in [0.1, 0.15) is 37.8 Å². The van der Waals surface area contributed by atoms with Gasteiger partial charge in [-0.3, -0.25) is 4.79 Å². The molecule has 0 radical (unpaired) electrons. The Kier molecular flexibility index (Phi) is 6.19. The van der Waals surface area contributed by atoms with Gasteiger partial charge in [0, 0.05) is 6.54 Å². The van der Waals surface area contributed by atoms with Crippen molar-refractivity contribution in [1.82, 2.24) is 4.57 Å². The van der Waals surface area contributed by atoms with E-state index in [-0.39, 0.29) is 12.3 Å². The monoisotopic (exact) mass is 398 g/mol. The van der Waals surface area contributed by atoms with Gasteiger partial charge in [0.2, 0.25) is 0 Å². The standard InChI is InChI=1S/C22H26N2O3S/c1-6-24-20-17(26-4)11-12-18(27-5)21(20)28-22(24)23-19(25)13-15-7-9-16(10-8-15)14(2)3/h7-12,14H,6,13H2,1-5H3. The Bertz CT molecular complexity index is 1050. The fraction of sp³-hybridized carbons (Fsp3) is 0.364. The van der Waals surface area contributed by atoms with E-state index in [4.69, 9.17) is 9.47 Å². The fourth-order valence-corrected chi connectivity index (χ4v) is 4.39. The van der Waals surface area contributed by atoms with Gasteiger partial charge in [-0.05, 0) is 36.1 Å². The Morgan fingerprint density at radius 3 is 2.29 bits per heavy atom. The van der Waals surface area contributed by atoms with Gasteiger partial charge in [-0.15, -0.1) is 0 Å². The SMILES string of the molecule is CCn1c(=NC(=O)Cc2ccc(C(C)C)cc2)sc2c(OC)ccc(OC)c21. The maximum absolute atomic E-state index is 12.6. The second kappa shape index (κ2) is 8.61. The quantitative estimate of drug-likeness (QED) is 0.613. The third-order valence-electron chi connectivity index (χ3n) is 4.73. The van der Waals surface area contributed by atoms with Crippen LogP contribution >= 0.6 is 11.3 Å². The zero-order chi connectivity index (χ0) is 20.3. The summed E-state index contributed by atoms with van der Waals surface area (Å²) in [6.07, 6.45) is 0.282. The van der Waals surface area contributed by atoms with Crippen LogP contribution in [0.25, 0.3) is 10.2 Å². The van der Waals surface area contributed by atoms with E-state index in [2.05, 4.69) is 31.0 Å². The second-order valence-electron chi connectivity index (χ2n) is 6.86. The van der Waals surface area contributed by atoms with Crippen LogP contribution in [-0.2, 0) is 17.8 Å². The predicted molar refractivity (Wildman–Crippen MR) is 113 cm³/mol. The molecule has 0 unspecified atom stereocenters. The number of hydrogen-bond acceptors (Lipinski definition) is 4. The summed E-state index contributed by atoms with van der Waals surface area (Å²) in [6, 6.07) is 11.9. The summed E-state index contributed by atoms with van der Waals surface area (Å²) in [4.78, 5) is 17.7. The molecule has 0 aliphatic rings. The Morgan fingerprint density at radius 2 is 1.71 bits per heavy atom. The highest BCUT2D eigenvalue weighted by Crippen LogP contribution is 2.35. The number of ether oxygens (including phenoxy) is 2. The average Bonchev–Trinajstić information content (AvgIpc) is 3.05. The first-order valence-electron chi connectivity index (χ1n) is 9.39. The molecule has 1 amide bonds. The van der Waals surface area contributed by atoms with Gasteiger partial charge in [-0.2, -0.15) is 4.99 Å². The molecule has 1 heterocycles. The second-order valence-corrected chi connectivity index (χ2v) is 7.83. The highest BCUT2D eigenvalue weighted by molar-refractivity contribution is 7.16. The molecule has 28 heavy (non-hydrogen) atoms. The van der Waals surface area contributed by atoms with Gasteiger partial charge >= 0.3 is 0 Å². The first kappa shape index (κ1) is 20.1. The van der Waals surface area contributed by atoms with Gasteiger partial charge in [-0.1, -0.05) is 49.4 Å². The number of rotatable bonds is 6. The van der Waals surface area contributed by atoms with Gasteiger partial charge in [0.15, 0.2) is 4.80 Å².